The van der Waals surface area contributed by atoms with Gasteiger partial charge in [-0.3, -0.25) is 0 Å². The first-order chi connectivity index (χ1) is 9.27. The van der Waals surface area contributed by atoms with Crippen LogP contribution in [0.15, 0.2) is 24.3 Å². The van der Waals surface area contributed by atoms with E-state index in [0.29, 0.717) is 0 Å². The van der Waals surface area contributed by atoms with Gasteiger partial charge in [-0.25, -0.2) is 0 Å². The molecule has 2 heteroatoms. The molecule has 1 aliphatic heterocycles. The molecule has 1 aromatic rings. The number of anilines is 1. The molecule has 1 saturated carbocycles. The molecule has 104 valence electrons. The van der Waals surface area contributed by atoms with Crippen LogP contribution in [0.3, 0.4) is 0 Å². The van der Waals surface area contributed by atoms with Crippen LogP contribution in [0.1, 0.15) is 50.5 Å². The smallest absolute Gasteiger partial charge is 0.0399 e. The SMILES string of the molecule is NC1(CN2CCCCc3ccccc32)CCCCC1. The Morgan fingerprint density at radius 3 is 2.63 bits per heavy atom. The highest BCUT2D eigenvalue weighted by molar-refractivity contribution is 5.54. The van der Waals surface area contributed by atoms with Crippen LogP contribution in [0.4, 0.5) is 5.69 Å². The summed E-state index contributed by atoms with van der Waals surface area (Å²) in [6.07, 6.45) is 10.2. The lowest BCUT2D eigenvalue weighted by molar-refractivity contribution is 0.297. The second-order valence-electron chi connectivity index (χ2n) is 6.43. The summed E-state index contributed by atoms with van der Waals surface area (Å²) in [6, 6.07) is 8.91. The van der Waals surface area contributed by atoms with Crippen molar-refractivity contribution in [3.05, 3.63) is 29.8 Å². The summed E-state index contributed by atoms with van der Waals surface area (Å²) < 4.78 is 0. The summed E-state index contributed by atoms with van der Waals surface area (Å²) >= 11 is 0. The molecule has 1 fully saturated rings. The van der Waals surface area contributed by atoms with Gasteiger partial charge in [0.15, 0.2) is 0 Å². The third-order valence-corrected chi connectivity index (χ3v) is 4.81. The maximum atomic E-state index is 6.66. The van der Waals surface area contributed by atoms with Gasteiger partial charge in [0.2, 0.25) is 0 Å². The molecule has 1 aliphatic carbocycles. The predicted octanol–water partition coefficient (Wildman–Crippen LogP) is 3.49. The van der Waals surface area contributed by atoms with E-state index in [2.05, 4.69) is 29.2 Å². The highest BCUT2D eigenvalue weighted by atomic mass is 15.2. The fourth-order valence-electron chi connectivity index (χ4n) is 3.73. The summed E-state index contributed by atoms with van der Waals surface area (Å²) in [6.45, 7) is 2.22. The zero-order chi connectivity index (χ0) is 13.1. The first-order valence-corrected chi connectivity index (χ1v) is 7.89. The Balaban J connectivity index is 1.80. The van der Waals surface area contributed by atoms with E-state index in [1.54, 1.807) is 0 Å². The van der Waals surface area contributed by atoms with E-state index >= 15 is 0 Å². The molecule has 0 aromatic heterocycles. The lowest BCUT2D eigenvalue weighted by Gasteiger charge is -2.39. The third kappa shape index (κ3) is 2.94. The average molecular weight is 258 g/mol. The van der Waals surface area contributed by atoms with Gasteiger partial charge in [0, 0.05) is 24.3 Å². The van der Waals surface area contributed by atoms with E-state index in [1.165, 1.54) is 69.2 Å². The van der Waals surface area contributed by atoms with E-state index in [-0.39, 0.29) is 5.54 Å². The molecule has 1 heterocycles. The molecule has 0 saturated heterocycles. The molecular formula is C17H26N2. The number of aryl methyl sites for hydroxylation is 1. The van der Waals surface area contributed by atoms with E-state index in [0.717, 1.165) is 6.54 Å². The summed E-state index contributed by atoms with van der Waals surface area (Å²) in [5, 5.41) is 0. The van der Waals surface area contributed by atoms with Gasteiger partial charge >= 0.3 is 0 Å². The zero-order valence-electron chi connectivity index (χ0n) is 11.9. The van der Waals surface area contributed by atoms with Gasteiger partial charge in [-0.2, -0.15) is 0 Å². The molecule has 2 nitrogen and oxygen atoms in total. The Hall–Kier alpha value is -1.02. The molecule has 0 unspecified atom stereocenters. The van der Waals surface area contributed by atoms with Crippen molar-refractivity contribution in [2.45, 2.75) is 56.9 Å². The fraction of sp³-hybridized carbons (Fsp3) is 0.647. The van der Waals surface area contributed by atoms with E-state index < -0.39 is 0 Å². The highest BCUT2D eigenvalue weighted by Gasteiger charge is 2.30. The summed E-state index contributed by atoms with van der Waals surface area (Å²) in [7, 11) is 0. The maximum Gasteiger partial charge on any atom is 0.0399 e. The van der Waals surface area contributed by atoms with Gasteiger partial charge in [-0.15, -0.1) is 0 Å². The number of benzene rings is 1. The zero-order valence-corrected chi connectivity index (χ0v) is 11.9. The van der Waals surface area contributed by atoms with Crippen molar-refractivity contribution in [1.29, 1.82) is 0 Å². The summed E-state index contributed by atoms with van der Waals surface area (Å²) in [5.74, 6) is 0. The molecule has 0 radical (unpaired) electrons. The van der Waals surface area contributed by atoms with E-state index in [1.807, 2.05) is 0 Å². The molecule has 0 bridgehead atoms. The Labute approximate surface area is 117 Å². The number of hydrogen-bond donors (Lipinski definition) is 1. The van der Waals surface area contributed by atoms with E-state index in [4.69, 9.17) is 5.73 Å². The quantitative estimate of drug-likeness (QED) is 0.880. The standard InChI is InChI=1S/C17H26N2/c18-17(11-5-1-6-12-17)14-19-13-7-4-9-15-8-2-3-10-16(15)19/h2-3,8,10H,1,4-7,9,11-14,18H2. The number of nitrogens with zero attached hydrogens (tertiary/aromatic N) is 1. The van der Waals surface area contributed by atoms with Crippen molar-refractivity contribution >= 4 is 5.69 Å². The lowest BCUT2D eigenvalue weighted by Crippen LogP contribution is -2.51. The van der Waals surface area contributed by atoms with Crippen LogP contribution in [-0.4, -0.2) is 18.6 Å². The van der Waals surface area contributed by atoms with Crippen LogP contribution >= 0.6 is 0 Å². The Bertz CT molecular complexity index is 421. The normalized spacial score (nSPS) is 22.7. The molecule has 1 aromatic carbocycles. The maximum absolute atomic E-state index is 6.66. The minimum Gasteiger partial charge on any atom is -0.369 e. The lowest BCUT2D eigenvalue weighted by atomic mass is 9.82. The fourth-order valence-corrected chi connectivity index (χ4v) is 3.73. The van der Waals surface area contributed by atoms with Gasteiger partial charge in [-0.05, 0) is 43.7 Å². The number of nitrogens with two attached hydrogens (primary N) is 1. The Morgan fingerprint density at radius 2 is 1.79 bits per heavy atom. The first kappa shape index (κ1) is 13.0. The second-order valence-corrected chi connectivity index (χ2v) is 6.43. The van der Waals surface area contributed by atoms with Gasteiger partial charge in [-0.1, -0.05) is 37.5 Å². The molecule has 0 spiro atoms. The first-order valence-electron chi connectivity index (χ1n) is 7.89. The van der Waals surface area contributed by atoms with Crippen molar-refractivity contribution in [2.24, 2.45) is 5.73 Å². The number of hydrogen-bond acceptors (Lipinski definition) is 2. The molecule has 3 rings (SSSR count). The number of para-hydroxylation sites is 1. The van der Waals surface area contributed by atoms with Crippen molar-refractivity contribution in [2.75, 3.05) is 18.0 Å². The van der Waals surface area contributed by atoms with Crippen LogP contribution in [0.5, 0.6) is 0 Å². The molecule has 0 amide bonds. The van der Waals surface area contributed by atoms with Gasteiger partial charge in [0.1, 0.15) is 0 Å². The monoisotopic (exact) mass is 258 g/mol. The van der Waals surface area contributed by atoms with Crippen molar-refractivity contribution in [3.63, 3.8) is 0 Å². The summed E-state index contributed by atoms with van der Waals surface area (Å²) in [5.41, 5.74) is 9.66. The summed E-state index contributed by atoms with van der Waals surface area (Å²) in [4.78, 5) is 2.56. The topological polar surface area (TPSA) is 29.3 Å². The molecule has 0 atom stereocenters. The predicted molar refractivity (Wildman–Crippen MR) is 81.6 cm³/mol. The van der Waals surface area contributed by atoms with Crippen LogP contribution in [0.2, 0.25) is 0 Å². The molecule has 2 aliphatic rings. The van der Waals surface area contributed by atoms with Crippen molar-refractivity contribution in [1.82, 2.24) is 0 Å². The van der Waals surface area contributed by atoms with Crippen molar-refractivity contribution in [3.8, 4) is 0 Å². The van der Waals surface area contributed by atoms with Crippen LogP contribution in [0, 0.1) is 0 Å². The van der Waals surface area contributed by atoms with Crippen molar-refractivity contribution < 1.29 is 0 Å². The van der Waals surface area contributed by atoms with Crippen LogP contribution in [0.25, 0.3) is 0 Å². The Morgan fingerprint density at radius 1 is 1.00 bits per heavy atom. The molecule has 19 heavy (non-hydrogen) atoms. The van der Waals surface area contributed by atoms with E-state index in [9.17, 15) is 0 Å². The molecular weight excluding hydrogens is 232 g/mol. The largest absolute Gasteiger partial charge is 0.369 e. The minimum absolute atomic E-state index is 0.0513. The molecule has 2 N–H and O–H groups in total. The van der Waals surface area contributed by atoms with Crippen LogP contribution < -0.4 is 10.6 Å². The number of rotatable bonds is 2. The van der Waals surface area contributed by atoms with Gasteiger partial charge in [0.05, 0.1) is 0 Å². The van der Waals surface area contributed by atoms with Gasteiger partial charge in [0.25, 0.3) is 0 Å². The number of fused-ring (bicyclic) bond motifs is 1. The Kier molecular flexibility index (Phi) is 3.79. The van der Waals surface area contributed by atoms with Gasteiger partial charge < -0.3 is 10.6 Å². The third-order valence-electron chi connectivity index (χ3n) is 4.81. The minimum atomic E-state index is 0.0513. The highest BCUT2D eigenvalue weighted by Crippen LogP contribution is 2.31. The second kappa shape index (κ2) is 5.54. The van der Waals surface area contributed by atoms with Crippen LogP contribution in [-0.2, 0) is 6.42 Å². The average Bonchev–Trinajstić information content (AvgIpc) is 2.62.